The Kier molecular flexibility index (Phi) is 7.90. The number of carbonyl (C=O) groups excluding carboxylic acids is 3. The maximum Gasteiger partial charge on any atom is 0.357 e. The Bertz CT molecular complexity index is 549. The number of thiazole rings is 1. The number of hydrogen-bond acceptors (Lipinski definition) is 8. The number of esters is 2. The first-order chi connectivity index (χ1) is 10.9. The molecule has 0 saturated heterocycles. The van der Waals surface area contributed by atoms with Gasteiger partial charge in [0.1, 0.15) is 5.01 Å². The Labute approximate surface area is 140 Å². The third-order valence-corrected chi connectivity index (χ3v) is 4.17. The van der Waals surface area contributed by atoms with Crippen molar-refractivity contribution in [2.24, 2.45) is 5.92 Å². The van der Waals surface area contributed by atoms with Gasteiger partial charge in [0.2, 0.25) is 0 Å². The molecule has 23 heavy (non-hydrogen) atoms. The molecule has 0 aliphatic rings. The van der Waals surface area contributed by atoms with E-state index in [0.717, 1.165) is 6.19 Å². The number of aromatic nitrogens is 1. The summed E-state index contributed by atoms with van der Waals surface area (Å²) in [5, 5.41) is 5.21. The molecule has 1 aromatic heterocycles. The SMILES string of the molecule is COC(=O)c1csc([C@@H](C[C@@H](NBC=O)C(C)C)OC(C)=O)n1. The summed E-state index contributed by atoms with van der Waals surface area (Å²) in [5.41, 5.74) is 0.187. The smallest absolute Gasteiger partial charge is 0.357 e. The third-order valence-electron chi connectivity index (χ3n) is 3.24. The highest BCUT2D eigenvalue weighted by Crippen LogP contribution is 2.28. The highest BCUT2D eigenvalue weighted by Gasteiger charge is 2.26. The number of ether oxygens (including phenoxy) is 2. The Hall–Kier alpha value is -1.74. The van der Waals surface area contributed by atoms with Gasteiger partial charge in [-0.05, 0) is 5.92 Å². The van der Waals surface area contributed by atoms with Crippen LogP contribution in [0, 0.1) is 5.92 Å². The molecule has 1 heterocycles. The molecule has 7 nitrogen and oxygen atoms in total. The van der Waals surface area contributed by atoms with Crippen molar-refractivity contribution in [1.82, 2.24) is 10.2 Å². The maximum absolute atomic E-state index is 11.5. The zero-order chi connectivity index (χ0) is 17.4. The van der Waals surface area contributed by atoms with Crippen LogP contribution in [-0.4, -0.2) is 43.7 Å². The molecule has 0 spiro atoms. The second kappa shape index (κ2) is 9.41. The number of nitrogens with zero attached hydrogens (tertiary/aromatic N) is 1. The minimum absolute atomic E-state index is 0.0324. The molecule has 0 aliphatic heterocycles. The van der Waals surface area contributed by atoms with Crippen LogP contribution in [0.5, 0.6) is 0 Å². The van der Waals surface area contributed by atoms with Crippen LogP contribution in [0.1, 0.15) is 48.8 Å². The standard InChI is InChI=1S/C14H21BN2O5S/c1-8(2)10(17-15-7-18)5-12(22-9(3)19)13-16-11(6-23-13)14(20)21-4/h6-8,10,12,15,17H,5H2,1-4H3/t10-,12-/m1/s1. The molecule has 1 aromatic rings. The topological polar surface area (TPSA) is 94.6 Å². The summed E-state index contributed by atoms with van der Waals surface area (Å²) in [5.74, 6) is -0.732. The van der Waals surface area contributed by atoms with E-state index in [1.807, 2.05) is 13.8 Å². The molecule has 0 saturated carbocycles. The van der Waals surface area contributed by atoms with Gasteiger partial charge < -0.3 is 19.5 Å². The predicted molar refractivity (Wildman–Crippen MR) is 88.2 cm³/mol. The molecule has 0 aromatic carbocycles. The van der Waals surface area contributed by atoms with Gasteiger partial charge >= 0.3 is 11.9 Å². The van der Waals surface area contributed by atoms with E-state index in [4.69, 9.17) is 4.74 Å². The average molecular weight is 340 g/mol. The monoisotopic (exact) mass is 340 g/mol. The molecule has 0 fully saturated rings. The van der Waals surface area contributed by atoms with E-state index in [0.29, 0.717) is 11.4 Å². The molecule has 0 aliphatic carbocycles. The Morgan fingerprint density at radius 3 is 2.70 bits per heavy atom. The van der Waals surface area contributed by atoms with E-state index in [9.17, 15) is 14.4 Å². The van der Waals surface area contributed by atoms with Crippen molar-refractivity contribution in [3.63, 3.8) is 0 Å². The molecule has 0 radical (unpaired) electrons. The average Bonchev–Trinajstić information content (AvgIpc) is 2.98. The zero-order valence-corrected chi connectivity index (χ0v) is 14.5. The summed E-state index contributed by atoms with van der Waals surface area (Å²) in [7, 11) is 1.50. The van der Waals surface area contributed by atoms with Crippen molar-refractivity contribution in [2.45, 2.75) is 39.3 Å². The highest BCUT2D eigenvalue weighted by atomic mass is 32.1. The summed E-state index contributed by atoms with van der Waals surface area (Å²) >= 11 is 1.23. The summed E-state index contributed by atoms with van der Waals surface area (Å²) in [6.45, 7) is 5.34. The molecule has 0 amide bonds. The van der Waals surface area contributed by atoms with E-state index >= 15 is 0 Å². The van der Waals surface area contributed by atoms with E-state index in [1.165, 1.54) is 25.4 Å². The number of hydrogen-bond donors (Lipinski definition) is 1. The van der Waals surface area contributed by atoms with Gasteiger partial charge in [-0.2, -0.15) is 0 Å². The van der Waals surface area contributed by atoms with Crippen LogP contribution in [0.3, 0.4) is 0 Å². The maximum atomic E-state index is 11.5. The van der Waals surface area contributed by atoms with Gasteiger partial charge in [-0.1, -0.05) is 13.8 Å². The number of methoxy groups -OCH3 is 1. The van der Waals surface area contributed by atoms with Crippen molar-refractivity contribution in [1.29, 1.82) is 0 Å². The van der Waals surface area contributed by atoms with E-state index < -0.39 is 18.0 Å². The van der Waals surface area contributed by atoms with Crippen LogP contribution in [0.25, 0.3) is 0 Å². The first-order valence-electron chi connectivity index (χ1n) is 7.27. The molecule has 1 N–H and O–H groups in total. The normalized spacial score (nSPS) is 13.3. The number of carbonyl (C=O) groups is 3. The molecule has 2 atom stereocenters. The van der Waals surface area contributed by atoms with Crippen molar-refractivity contribution in [3.05, 3.63) is 16.1 Å². The van der Waals surface area contributed by atoms with Crippen LogP contribution < -0.4 is 5.23 Å². The summed E-state index contributed by atoms with van der Waals surface area (Å²) in [4.78, 5) is 37.6. The van der Waals surface area contributed by atoms with Crippen LogP contribution in [-0.2, 0) is 19.1 Å². The lowest BCUT2D eigenvalue weighted by atomic mass is 9.89. The quantitative estimate of drug-likeness (QED) is 0.408. The third kappa shape index (κ3) is 6.11. The Balaban J connectivity index is 2.94. The summed E-state index contributed by atoms with van der Waals surface area (Å²) in [6, 6.07) is -0.0324. The second-order valence-electron chi connectivity index (χ2n) is 5.32. The van der Waals surface area contributed by atoms with Gasteiger partial charge in [-0.15, -0.1) is 11.3 Å². The van der Waals surface area contributed by atoms with Crippen molar-refractivity contribution >= 4 is 36.9 Å². The lowest BCUT2D eigenvalue weighted by Gasteiger charge is -2.25. The molecule has 0 bridgehead atoms. The van der Waals surface area contributed by atoms with E-state index in [1.54, 1.807) is 5.38 Å². The zero-order valence-electron chi connectivity index (χ0n) is 13.7. The molecular weight excluding hydrogens is 319 g/mol. The fourth-order valence-electron chi connectivity index (χ4n) is 2.05. The number of nitrogens with one attached hydrogen (secondary N) is 1. The van der Waals surface area contributed by atoms with Gasteiger partial charge in [-0.3, -0.25) is 4.79 Å². The van der Waals surface area contributed by atoms with Crippen LogP contribution >= 0.6 is 11.3 Å². The second-order valence-corrected chi connectivity index (χ2v) is 6.21. The minimum Gasteiger partial charge on any atom is -0.464 e. The van der Waals surface area contributed by atoms with Gasteiger partial charge in [0.05, 0.1) is 13.3 Å². The molecule has 9 heteroatoms. The molecular formula is C14H21BN2O5S. The van der Waals surface area contributed by atoms with Gasteiger partial charge in [0, 0.05) is 24.8 Å². The highest BCUT2D eigenvalue weighted by molar-refractivity contribution is 7.09. The van der Waals surface area contributed by atoms with Crippen molar-refractivity contribution < 1.29 is 23.9 Å². The first-order valence-corrected chi connectivity index (χ1v) is 8.15. The van der Waals surface area contributed by atoms with E-state index in [2.05, 4.69) is 14.9 Å². The molecule has 126 valence electrons. The van der Waals surface area contributed by atoms with E-state index in [-0.39, 0.29) is 25.1 Å². The molecule has 0 unspecified atom stereocenters. The van der Waals surface area contributed by atoms with Crippen LogP contribution in [0.4, 0.5) is 0 Å². The predicted octanol–water partition coefficient (Wildman–Crippen LogP) is 1.08. The van der Waals surface area contributed by atoms with Gasteiger partial charge in [-0.25, -0.2) is 9.78 Å². The summed E-state index contributed by atoms with van der Waals surface area (Å²) < 4.78 is 9.98. The lowest BCUT2D eigenvalue weighted by molar-refractivity contribution is -0.147. The first kappa shape index (κ1) is 19.3. The van der Waals surface area contributed by atoms with Gasteiger partial charge in [0.25, 0.3) is 7.41 Å². The largest absolute Gasteiger partial charge is 0.464 e. The summed E-state index contributed by atoms with van der Waals surface area (Å²) in [6.07, 6.45) is 0.663. The van der Waals surface area contributed by atoms with Crippen LogP contribution in [0.2, 0.25) is 0 Å². The molecule has 1 rings (SSSR count). The Morgan fingerprint density at radius 1 is 1.48 bits per heavy atom. The van der Waals surface area contributed by atoms with Gasteiger partial charge in [0.15, 0.2) is 11.8 Å². The fraction of sp³-hybridized carbons (Fsp3) is 0.571. The minimum atomic E-state index is -0.581. The lowest BCUT2D eigenvalue weighted by Crippen LogP contribution is -2.39. The fourth-order valence-corrected chi connectivity index (χ4v) is 2.88. The van der Waals surface area contributed by atoms with Crippen LogP contribution in [0.15, 0.2) is 5.38 Å². The van der Waals surface area contributed by atoms with Crippen molar-refractivity contribution in [3.8, 4) is 0 Å². The number of rotatable bonds is 9. The Morgan fingerprint density at radius 2 is 2.17 bits per heavy atom. The van der Waals surface area contributed by atoms with Crippen molar-refractivity contribution in [2.75, 3.05) is 7.11 Å².